The zero-order chi connectivity index (χ0) is 26.3. The van der Waals surface area contributed by atoms with E-state index in [2.05, 4.69) is 15.2 Å². The Bertz CT molecular complexity index is 1590. The molecule has 0 bridgehead atoms. The molecule has 0 amide bonds. The zero-order valence-corrected chi connectivity index (χ0v) is 19.6. The maximum absolute atomic E-state index is 14.1. The molecule has 2 aromatic heterocycles. The van der Waals surface area contributed by atoms with Gasteiger partial charge in [0.15, 0.2) is 11.4 Å². The maximum Gasteiger partial charge on any atom is 0.420 e. The van der Waals surface area contributed by atoms with E-state index in [9.17, 15) is 22.7 Å². The highest BCUT2D eigenvalue weighted by Crippen LogP contribution is 2.40. The van der Waals surface area contributed by atoms with Crippen LogP contribution in [0.3, 0.4) is 0 Å². The van der Waals surface area contributed by atoms with Gasteiger partial charge in [-0.25, -0.2) is 9.37 Å². The van der Waals surface area contributed by atoms with Gasteiger partial charge in [-0.1, -0.05) is 18.2 Å². The summed E-state index contributed by atoms with van der Waals surface area (Å²) in [5.41, 5.74) is 0.851. The lowest BCUT2D eigenvalue weighted by Crippen LogP contribution is -2.10. The molecule has 5 rings (SSSR count). The fourth-order valence-corrected chi connectivity index (χ4v) is 4.19. The van der Waals surface area contributed by atoms with Crippen LogP contribution in [0.4, 0.5) is 17.6 Å². The third kappa shape index (κ3) is 4.58. The molecule has 0 radical (unpaired) electrons. The smallest absolute Gasteiger partial charge is 0.420 e. The van der Waals surface area contributed by atoms with Crippen molar-refractivity contribution in [3.8, 4) is 34.0 Å². The van der Waals surface area contributed by atoms with Crippen molar-refractivity contribution in [2.45, 2.75) is 12.3 Å². The first-order chi connectivity index (χ1) is 17.7. The molecular formula is C26H20F4N4O3. The van der Waals surface area contributed by atoms with E-state index in [1.807, 2.05) is 0 Å². The van der Waals surface area contributed by atoms with Crippen molar-refractivity contribution in [3.05, 3.63) is 77.9 Å². The number of methoxy groups -OCH3 is 1. The molecule has 0 saturated heterocycles. The number of fused-ring (bicyclic) bond motifs is 1. The Balaban J connectivity index is 1.65. The summed E-state index contributed by atoms with van der Waals surface area (Å²) < 4.78 is 68.1. The van der Waals surface area contributed by atoms with Gasteiger partial charge in [-0.15, -0.1) is 10.2 Å². The Morgan fingerprint density at radius 1 is 1.05 bits per heavy atom. The lowest BCUT2D eigenvalue weighted by atomic mass is 9.97. The standard InChI is InChI=1S/C26H20F4N4O3/c1-34-13-31-33-24(34)19-11-17(27)6-7-18(19)14-4-3-5-15(8-14)25-32-21-10-16(22(12-35)36-2)9-20(23(21)37-25)26(28,29)30/h3-11,13,22,35H,12H2,1-2H3/t22-/m1/s1. The molecule has 0 unspecified atom stereocenters. The summed E-state index contributed by atoms with van der Waals surface area (Å²) in [6.07, 6.45) is -4.18. The van der Waals surface area contributed by atoms with Crippen LogP contribution >= 0.6 is 0 Å². The molecule has 5 aromatic rings. The number of hydrogen-bond donors (Lipinski definition) is 1. The third-order valence-corrected chi connectivity index (χ3v) is 5.99. The molecule has 190 valence electrons. The number of halogens is 4. The normalized spacial score (nSPS) is 12.8. The summed E-state index contributed by atoms with van der Waals surface area (Å²) in [5.74, 6) is -0.0370. The SMILES string of the molecule is CO[C@H](CO)c1cc(C(F)(F)F)c2oc(-c3cccc(-c4ccc(F)cc4-c4nncn4C)c3)nc2c1. The van der Waals surface area contributed by atoms with Crippen LogP contribution in [0.1, 0.15) is 17.2 Å². The van der Waals surface area contributed by atoms with Crippen molar-refractivity contribution in [3.63, 3.8) is 0 Å². The largest absolute Gasteiger partial charge is 0.435 e. The van der Waals surface area contributed by atoms with Gasteiger partial charge in [-0.2, -0.15) is 13.2 Å². The Labute approximate surface area is 208 Å². The lowest BCUT2D eigenvalue weighted by Gasteiger charge is -2.15. The molecule has 0 aliphatic carbocycles. The van der Waals surface area contributed by atoms with E-state index in [0.717, 1.165) is 6.07 Å². The second-order valence-electron chi connectivity index (χ2n) is 8.38. The number of hydrogen-bond acceptors (Lipinski definition) is 6. The van der Waals surface area contributed by atoms with Crippen molar-refractivity contribution in [1.82, 2.24) is 19.7 Å². The van der Waals surface area contributed by atoms with Crippen LogP contribution < -0.4 is 0 Å². The molecule has 37 heavy (non-hydrogen) atoms. The first-order valence-electron chi connectivity index (χ1n) is 11.1. The Morgan fingerprint density at radius 3 is 2.51 bits per heavy atom. The van der Waals surface area contributed by atoms with Gasteiger partial charge in [-0.3, -0.25) is 0 Å². The molecule has 7 nitrogen and oxygen atoms in total. The fourth-order valence-electron chi connectivity index (χ4n) is 4.19. The number of nitrogens with zero attached hydrogens (tertiary/aromatic N) is 4. The molecule has 1 atom stereocenters. The number of aryl methyl sites for hydroxylation is 1. The van der Waals surface area contributed by atoms with Crippen molar-refractivity contribution in [2.75, 3.05) is 13.7 Å². The zero-order valence-electron chi connectivity index (χ0n) is 19.6. The molecule has 0 aliphatic heterocycles. The number of oxazole rings is 1. The Morgan fingerprint density at radius 2 is 1.84 bits per heavy atom. The van der Waals surface area contributed by atoms with E-state index in [0.29, 0.717) is 28.1 Å². The second kappa shape index (κ2) is 9.41. The van der Waals surface area contributed by atoms with Crippen LogP contribution in [-0.2, 0) is 18.0 Å². The minimum Gasteiger partial charge on any atom is -0.435 e. The van der Waals surface area contributed by atoms with Crippen molar-refractivity contribution < 1.29 is 31.8 Å². The van der Waals surface area contributed by atoms with Crippen LogP contribution in [0.5, 0.6) is 0 Å². The van der Waals surface area contributed by atoms with E-state index < -0.39 is 35.9 Å². The number of benzene rings is 3. The van der Waals surface area contributed by atoms with Crippen LogP contribution in [0.2, 0.25) is 0 Å². The molecule has 3 aromatic carbocycles. The van der Waals surface area contributed by atoms with Gasteiger partial charge < -0.3 is 18.8 Å². The third-order valence-electron chi connectivity index (χ3n) is 5.99. The Kier molecular flexibility index (Phi) is 6.26. The van der Waals surface area contributed by atoms with E-state index in [1.165, 1.54) is 31.6 Å². The molecule has 0 aliphatic rings. The molecule has 11 heteroatoms. The quantitative estimate of drug-likeness (QED) is 0.290. The van der Waals surface area contributed by atoms with Crippen LogP contribution in [0, 0.1) is 5.82 Å². The number of aliphatic hydroxyl groups excluding tert-OH is 1. The minimum absolute atomic E-state index is 0.0257. The van der Waals surface area contributed by atoms with Gasteiger partial charge in [0, 0.05) is 25.3 Å². The number of aliphatic hydroxyl groups is 1. The lowest BCUT2D eigenvalue weighted by molar-refractivity contribution is -0.137. The van der Waals surface area contributed by atoms with E-state index in [-0.39, 0.29) is 17.0 Å². The van der Waals surface area contributed by atoms with Gasteiger partial charge >= 0.3 is 6.18 Å². The van der Waals surface area contributed by atoms with Crippen molar-refractivity contribution >= 4 is 11.1 Å². The van der Waals surface area contributed by atoms with Gasteiger partial charge in [0.1, 0.15) is 29.3 Å². The molecular weight excluding hydrogens is 492 g/mol. The van der Waals surface area contributed by atoms with Crippen LogP contribution in [-0.4, -0.2) is 38.6 Å². The topological polar surface area (TPSA) is 86.2 Å². The molecule has 1 N–H and O–H groups in total. The summed E-state index contributed by atoms with van der Waals surface area (Å²) in [4.78, 5) is 4.31. The summed E-state index contributed by atoms with van der Waals surface area (Å²) in [6.45, 7) is -0.502. The predicted octanol–water partition coefficient (Wildman–Crippen LogP) is 5.80. The summed E-state index contributed by atoms with van der Waals surface area (Å²) in [5, 5.41) is 17.4. The highest BCUT2D eigenvalue weighted by atomic mass is 19.4. The number of ether oxygens (including phenoxy) is 1. The molecule has 0 spiro atoms. The first kappa shape index (κ1) is 24.6. The fraction of sp³-hybridized carbons (Fsp3) is 0.192. The van der Waals surface area contributed by atoms with Crippen LogP contribution in [0.25, 0.3) is 45.1 Å². The predicted molar refractivity (Wildman–Crippen MR) is 127 cm³/mol. The monoisotopic (exact) mass is 512 g/mol. The van der Waals surface area contributed by atoms with E-state index in [1.54, 1.807) is 41.9 Å². The highest BCUT2D eigenvalue weighted by Gasteiger charge is 2.36. The average molecular weight is 512 g/mol. The van der Waals surface area contributed by atoms with Crippen molar-refractivity contribution in [2.24, 2.45) is 7.05 Å². The van der Waals surface area contributed by atoms with Gasteiger partial charge in [0.2, 0.25) is 5.89 Å². The molecule has 0 saturated carbocycles. The summed E-state index contributed by atoms with van der Waals surface area (Å²) in [7, 11) is 3.03. The van der Waals surface area contributed by atoms with Crippen molar-refractivity contribution in [1.29, 1.82) is 0 Å². The van der Waals surface area contributed by atoms with Gasteiger partial charge in [0.25, 0.3) is 0 Å². The minimum atomic E-state index is -4.72. The Hall–Kier alpha value is -4.09. The van der Waals surface area contributed by atoms with Gasteiger partial charge in [-0.05, 0) is 53.1 Å². The average Bonchev–Trinajstić information content (AvgIpc) is 3.50. The van der Waals surface area contributed by atoms with Crippen LogP contribution in [0.15, 0.2) is 65.3 Å². The number of alkyl halides is 3. The first-order valence-corrected chi connectivity index (χ1v) is 11.1. The van der Waals surface area contributed by atoms with Gasteiger partial charge in [0.05, 0.1) is 6.61 Å². The molecule has 2 heterocycles. The number of aromatic nitrogens is 4. The maximum atomic E-state index is 14.1. The molecule has 0 fully saturated rings. The summed E-state index contributed by atoms with van der Waals surface area (Å²) in [6, 6.07) is 13.4. The second-order valence-corrected chi connectivity index (χ2v) is 8.38. The summed E-state index contributed by atoms with van der Waals surface area (Å²) >= 11 is 0. The van der Waals surface area contributed by atoms with E-state index >= 15 is 0 Å². The highest BCUT2D eigenvalue weighted by molar-refractivity contribution is 5.84. The number of rotatable bonds is 6. The van der Waals surface area contributed by atoms with E-state index in [4.69, 9.17) is 9.15 Å².